The molecule has 3 rings (SSSR count). The second-order valence-electron chi connectivity index (χ2n) is 6.74. The minimum Gasteiger partial charge on any atom is -0.338 e. The molecule has 7 nitrogen and oxygen atoms in total. The maximum absolute atomic E-state index is 13.0. The van der Waals surface area contributed by atoms with Crippen molar-refractivity contribution >= 4 is 10.2 Å². The molecule has 0 aliphatic carbocycles. The smallest absolute Gasteiger partial charge is 0.282 e. The summed E-state index contributed by atoms with van der Waals surface area (Å²) in [6.45, 7) is 5.76. The van der Waals surface area contributed by atoms with Crippen LogP contribution in [0.5, 0.6) is 0 Å². The Balaban J connectivity index is 1.82. The molecule has 1 atom stereocenters. The van der Waals surface area contributed by atoms with E-state index in [2.05, 4.69) is 10.1 Å². The van der Waals surface area contributed by atoms with Crippen molar-refractivity contribution in [2.75, 3.05) is 19.6 Å². The van der Waals surface area contributed by atoms with Crippen molar-refractivity contribution in [2.24, 2.45) is 0 Å². The van der Waals surface area contributed by atoms with Crippen LogP contribution in [-0.2, 0) is 10.2 Å². The normalized spacial score (nSPS) is 25.1. The Morgan fingerprint density at radius 1 is 1.09 bits per heavy atom. The van der Waals surface area contributed by atoms with E-state index in [4.69, 9.17) is 4.52 Å². The molecule has 3 heterocycles. The number of rotatable bonds is 4. The fraction of sp³-hybridized carbons (Fsp3) is 0.867. The van der Waals surface area contributed by atoms with Crippen LogP contribution in [0.4, 0.5) is 0 Å². The Morgan fingerprint density at radius 3 is 2.39 bits per heavy atom. The summed E-state index contributed by atoms with van der Waals surface area (Å²) in [5.74, 6) is 1.24. The summed E-state index contributed by atoms with van der Waals surface area (Å²) in [4.78, 5) is 4.42. The highest BCUT2D eigenvalue weighted by molar-refractivity contribution is 7.86. The van der Waals surface area contributed by atoms with Crippen LogP contribution in [-0.4, -0.2) is 46.8 Å². The van der Waals surface area contributed by atoms with Crippen LogP contribution in [0.25, 0.3) is 0 Å². The molecule has 1 aromatic rings. The van der Waals surface area contributed by atoms with Gasteiger partial charge in [-0.1, -0.05) is 31.8 Å². The molecule has 0 aromatic carbocycles. The van der Waals surface area contributed by atoms with Gasteiger partial charge >= 0.3 is 0 Å². The van der Waals surface area contributed by atoms with Crippen LogP contribution in [0, 0.1) is 0 Å². The summed E-state index contributed by atoms with van der Waals surface area (Å²) in [5, 5.41) is 3.98. The van der Waals surface area contributed by atoms with Gasteiger partial charge in [0.05, 0.1) is 0 Å². The number of hydrogen-bond donors (Lipinski definition) is 0. The van der Waals surface area contributed by atoms with E-state index in [0.29, 0.717) is 31.3 Å². The van der Waals surface area contributed by atoms with E-state index in [1.807, 2.05) is 13.8 Å². The van der Waals surface area contributed by atoms with Gasteiger partial charge in [0.15, 0.2) is 5.82 Å². The minimum absolute atomic E-state index is 0.171. The topological polar surface area (TPSA) is 79.5 Å². The zero-order chi connectivity index (χ0) is 16.4. The molecule has 2 fully saturated rings. The average molecular weight is 342 g/mol. The second kappa shape index (κ2) is 6.86. The van der Waals surface area contributed by atoms with E-state index >= 15 is 0 Å². The van der Waals surface area contributed by atoms with Gasteiger partial charge in [-0.3, -0.25) is 0 Å². The first-order valence-corrected chi connectivity index (χ1v) is 10.0. The predicted molar refractivity (Wildman–Crippen MR) is 86.0 cm³/mol. The van der Waals surface area contributed by atoms with Crippen LogP contribution < -0.4 is 0 Å². The van der Waals surface area contributed by atoms with Gasteiger partial charge in [-0.15, -0.1) is 0 Å². The third kappa shape index (κ3) is 3.44. The minimum atomic E-state index is -3.45. The summed E-state index contributed by atoms with van der Waals surface area (Å²) in [5.41, 5.74) is 0. The van der Waals surface area contributed by atoms with Gasteiger partial charge in [0.2, 0.25) is 5.89 Å². The second-order valence-corrected chi connectivity index (χ2v) is 8.62. The van der Waals surface area contributed by atoms with Gasteiger partial charge in [0, 0.05) is 25.6 Å². The summed E-state index contributed by atoms with van der Waals surface area (Å²) in [6.07, 6.45) is 5.67. The van der Waals surface area contributed by atoms with E-state index in [-0.39, 0.29) is 12.0 Å². The summed E-state index contributed by atoms with van der Waals surface area (Å²) in [6, 6.07) is -0.316. The molecule has 8 heteroatoms. The Bertz CT molecular complexity index is 620. The molecule has 0 N–H and O–H groups in total. The molecule has 0 radical (unpaired) electrons. The van der Waals surface area contributed by atoms with Gasteiger partial charge < -0.3 is 4.52 Å². The molecular weight excluding hydrogens is 316 g/mol. The lowest BCUT2D eigenvalue weighted by Gasteiger charge is -2.28. The van der Waals surface area contributed by atoms with Crippen molar-refractivity contribution in [3.05, 3.63) is 11.7 Å². The molecule has 2 saturated heterocycles. The highest BCUT2D eigenvalue weighted by atomic mass is 32.2. The maximum Gasteiger partial charge on any atom is 0.282 e. The molecule has 0 saturated carbocycles. The van der Waals surface area contributed by atoms with Crippen molar-refractivity contribution < 1.29 is 12.9 Å². The Morgan fingerprint density at radius 2 is 1.78 bits per heavy atom. The molecule has 0 spiro atoms. The van der Waals surface area contributed by atoms with Crippen LogP contribution in [0.1, 0.15) is 76.0 Å². The molecule has 2 aliphatic rings. The average Bonchev–Trinajstić information content (AvgIpc) is 3.10. The highest BCUT2D eigenvalue weighted by Gasteiger charge is 2.41. The third-order valence-corrected chi connectivity index (χ3v) is 6.70. The number of aromatic nitrogens is 2. The SMILES string of the molecule is CC(C)c1noc([C@H]2CCCN2S(=O)(=O)N2CCCCCC2)n1. The zero-order valence-corrected chi connectivity index (χ0v) is 14.8. The van der Waals surface area contributed by atoms with E-state index < -0.39 is 10.2 Å². The van der Waals surface area contributed by atoms with Crippen molar-refractivity contribution in [1.29, 1.82) is 0 Å². The van der Waals surface area contributed by atoms with Crippen molar-refractivity contribution in [3.8, 4) is 0 Å². The molecule has 0 unspecified atom stereocenters. The van der Waals surface area contributed by atoms with Crippen LogP contribution in [0.3, 0.4) is 0 Å². The standard InChI is InChI=1S/C15H26N4O3S/c1-12(2)14-16-15(22-17-14)13-8-7-11-19(13)23(20,21)18-9-5-3-4-6-10-18/h12-13H,3-11H2,1-2H3/t13-/m1/s1. The monoisotopic (exact) mass is 342 g/mol. The van der Waals surface area contributed by atoms with Crippen LogP contribution in [0.15, 0.2) is 4.52 Å². The first-order chi connectivity index (χ1) is 11.0. The zero-order valence-electron chi connectivity index (χ0n) is 13.9. The van der Waals surface area contributed by atoms with Gasteiger partial charge in [-0.2, -0.15) is 22.0 Å². The largest absolute Gasteiger partial charge is 0.338 e. The summed E-state index contributed by atoms with van der Waals surface area (Å²) in [7, 11) is -3.45. The third-order valence-electron chi connectivity index (χ3n) is 4.65. The van der Waals surface area contributed by atoms with E-state index in [1.54, 1.807) is 8.61 Å². The molecular formula is C15H26N4O3S. The van der Waals surface area contributed by atoms with Crippen molar-refractivity contribution in [2.45, 2.75) is 64.3 Å². The van der Waals surface area contributed by atoms with Gasteiger partial charge in [-0.05, 0) is 25.7 Å². The number of nitrogens with zero attached hydrogens (tertiary/aromatic N) is 4. The van der Waals surface area contributed by atoms with Gasteiger partial charge in [0.1, 0.15) is 6.04 Å². The highest BCUT2D eigenvalue weighted by Crippen LogP contribution is 2.35. The molecule has 2 aliphatic heterocycles. The van der Waals surface area contributed by atoms with E-state index in [9.17, 15) is 8.42 Å². The van der Waals surface area contributed by atoms with Crippen LogP contribution >= 0.6 is 0 Å². The van der Waals surface area contributed by atoms with E-state index in [1.165, 1.54) is 0 Å². The lowest BCUT2D eigenvalue weighted by atomic mass is 10.2. The van der Waals surface area contributed by atoms with Gasteiger partial charge in [-0.25, -0.2) is 0 Å². The van der Waals surface area contributed by atoms with Crippen molar-refractivity contribution in [1.82, 2.24) is 18.8 Å². The molecule has 0 amide bonds. The van der Waals surface area contributed by atoms with E-state index in [0.717, 1.165) is 38.5 Å². The van der Waals surface area contributed by atoms with Crippen molar-refractivity contribution in [3.63, 3.8) is 0 Å². The first-order valence-electron chi connectivity index (χ1n) is 8.60. The predicted octanol–water partition coefficient (Wildman–Crippen LogP) is 2.45. The Labute approximate surface area is 138 Å². The lowest BCUT2D eigenvalue weighted by molar-refractivity contribution is 0.271. The first kappa shape index (κ1) is 16.9. The molecule has 130 valence electrons. The lowest BCUT2D eigenvalue weighted by Crippen LogP contribution is -2.44. The fourth-order valence-electron chi connectivity index (χ4n) is 3.30. The molecule has 0 bridgehead atoms. The number of hydrogen-bond acceptors (Lipinski definition) is 5. The quantitative estimate of drug-likeness (QED) is 0.840. The Kier molecular flexibility index (Phi) is 5.03. The maximum atomic E-state index is 13.0. The van der Waals surface area contributed by atoms with Crippen LogP contribution in [0.2, 0.25) is 0 Å². The molecule has 1 aromatic heterocycles. The summed E-state index contributed by atoms with van der Waals surface area (Å²) >= 11 is 0. The fourth-order valence-corrected chi connectivity index (χ4v) is 5.19. The molecule has 23 heavy (non-hydrogen) atoms. The van der Waals surface area contributed by atoms with Gasteiger partial charge in [0.25, 0.3) is 10.2 Å². The summed E-state index contributed by atoms with van der Waals surface area (Å²) < 4.78 is 34.6. The Hall–Kier alpha value is -0.990.